The van der Waals surface area contributed by atoms with Gasteiger partial charge in [-0.05, 0) is 36.4 Å². The van der Waals surface area contributed by atoms with Crippen LogP contribution in [0.2, 0.25) is 0 Å². The summed E-state index contributed by atoms with van der Waals surface area (Å²) < 4.78 is 11.3. The number of aromatic nitrogens is 2. The molecule has 3 rings (SSSR count). The minimum Gasteiger partial charge on any atom is -0.345 e. The molecule has 112 valence electrons. The van der Waals surface area contributed by atoms with Crippen molar-refractivity contribution in [2.45, 2.75) is 11.4 Å². The number of nitrogens with one attached hydrogen (secondary N) is 2. The Labute approximate surface area is 130 Å². The van der Waals surface area contributed by atoms with Gasteiger partial charge in [-0.15, -0.1) is 0 Å². The highest BCUT2D eigenvalue weighted by atomic mass is 32.2. The van der Waals surface area contributed by atoms with E-state index in [1.165, 1.54) is 0 Å². The molecule has 0 aliphatic carbocycles. The summed E-state index contributed by atoms with van der Waals surface area (Å²) in [6.07, 6.45) is 1.61. The third-order valence-electron chi connectivity index (χ3n) is 3.30. The van der Waals surface area contributed by atoms with E-state index in [9.17, 15) is 9.00 Å². The van der Waals surface area contributed by atoms with Crippen LogP contribution in [0.5, 0.6) is 0 Å². The van der Waals surface area contributed by atoms with Gasteiger partial charge in [-0.25, -0.2) is 4.98 Å². The Balaban J connectivity index is 1.67. The van der Waals surface area contributed by atoms with Crippen molar-refractivity contribution in [3.63, 3.8) is 0 Å². The van der Waals surface area contributed by atoms with Crippen LogP contribution in [0, 0.1) is 0 Å². The zero-order chi connectivity index (χ0) is 15.5. The maximum absolute atomic E-state index is 12.1. The van der Waals surface area contributed by atoms with E-state index in [0.29, 0.717) is 22.8 Å². The molecule has 0 spiro atoms. The number of H-pyrrole nitrogens is 1. The van der Waals surface area contributed by atoms with Gasteiger partial charge in [0.05, 0.1) is 17.6 Å². The number of hydrogen-bond donors (Lipinski definition) is 2. The van der Waals surface area contributed by atoms with Crippen LogP contribution in [-0.2, 0) is 17.3 Å². The molecule has 1 aromatic heterocycles. The maximum Gasteiger partial charge on any atom is 0.251 e. The van der Waals surface area contributed by atoms with Crippen LogP contribution in [0.15, 0.2) is 53.4 Å². The Bertz CT molecular complexity index is 807. The second-order valence-electron chi connectivity index (χ2n) is 4.86. The van der Waals surface area contributed by atoms with Crippen molar-refractivity contribution < 1.29 is 9.00 Å². The van der Waals surface area contributed by atoms with Gasteiger partial charge in [0.15, 0.2) is 0 Å². The Morgan fingerprint density at radius 3 is 2.59 bits per heavy atom. The van der Waals surface area contributed by atoms with Gasteiger partial charge in [0, 0.05) is 27.5 Å². The van der Waals surface area contributed by atoms with Gasteiger partial charge in [0.1, 0.15) is 5.82 Å². The number of carbonyl (C=O) groups is 1. The average molecular weight is 313 g/mol. The molecular formula is C16H15N3O2S. The lowest BCUT2D eigenvalue weighted by Crippen LogP contribution is -2.23. The fraction of sp³-hybridized carbons (Fsp3) is 0.125. The number of hydrogen-bond acceptors (Lipinski definition) is 3. The molecule has 0 fully saturated rings. The van der Waals surface area contributed by atoms with Gasteiger partial charge in [0.2, 0.25) is 0 Å². The Kier molecular flexibility index (Phi) is 4.02. The first-order chi connectivity index (χ1) is 10.6. The Hall–Kier alpha value is -2.47. The molecule has 2 N–H and O–H groups in total. The molecule has 1 heterocycles. The molecule has 3 aromatic rings. The number of amides is 1. The van der Waals surface area contributed by atoms with Crippen molar-refractivity contribution in [3.8, 4) is 0 Å². The van der Waals surface area contributed by atoms with E-state index < -0.39 is 10.8 Å². The highest BCUT2D eigenvalue weighted by Gasteiger charge is 2.08. The maximum atomic E-state index is 12.1. The summed E-state index contributed by atoms with van der Waals surface area (Å²) in [7, 11) is -1.04. The first kappa shape index (κ1) is 14.5. The number of fused-ring (bicyclic) bond motifs is 1. The zero-order valence-electron chi connectivity index (χ0n) is 12.0. The first-order valence-corrected chi connectivity index (χ1v) is 8.34. The zero-order valence-corrected chi connectivity index (χ0v) is 12.8. The Morgan fingerprint density at radius 1 is 1.18 bits per heavy atom. The minimum absolute atomic E-state index is 0.186. The summed E-state index contributed by atoms with van der Waals surface area (Å²) in [6.45, 7) is 0.328. The molecule has 5 nitrogen and oxygen atoms in total. The van der Waals surface area contributed by atoms with Crippen LogP contribution in [-0.4, -0.2) is 26.3 Å². The van der Waals surface area contributed by atoms with Crippen LogP contribution >= 0.6 is 0 Å². The number of para-hydroxylation sites is 2. The molecule has 22 heavy (non-hydrogen) atoms. The van der Waals surface area contributed by atoms with E-state index in [-0.39, 0.29) is 5.91 Å². The monoisotopic (exact) mass is 313 g/mol. The molecule has 0 bridgehead atoms. The molecule has 1 atom stereocenters. The van der Waals surface area contributed by atoms with Crippen LogP contribution in [0.1, 0.15) is 16.2 Å². The fourth-order valence-electron chi connectivity index (χ4n) is 2.15. The number of aromatic amines is 1. The summed E-state index contributed by atoms with van der Waals surface area (Å²) >= 11 is 0. The van der Waals surface area contributed by atoms with Gasteiger partial charge >= 0.3 is 0 Å². The molecule has 0 radical (unpaired) electrons. The molecule has 0 saturated carbocycles. The number of benzene rings is 2. The number of carbonyl (C=O) groups excluding carboxylic acids is 1. The predicted octanol–water partition coefficient (Wildman–Crippen LogP) is 2.23. The van der Waals surface area contributed by atoms with E-state index in [1.807, 2.05) is 24.3 Å². The van der Waals surface area contributed by atoms with E-state index in [0.717, 1.165) is 11.0 Å². The van der Waals surface area contributed by atoms with E-state index in [2.05, 4.69) is 15.3 Å². The van der Waals surface area contributed by atoms with E-state index >= 15 is 0 Å². The van der Waals surface area contributed by atoms with Crippen LogP contribution < -0.4 is 5.32 Å². The van der Waals surface area contributed by atoms with Crippen LogP contribution in [0.3, 0.4) is 0 Å². The predicted molar refractivity (Wildman–Crippen MR) is 86.0 cm³/mol. The molecule has 1 unspecified atom stereocenters. The van der Waals surface area contributed by atoms with Crippen molar-refractivity contribution in [2.24, 2.45) is 0 Å². The fourth-order valence-corrected chi connectivity index (χ4v) is 2.67. The SMILES string of the molecule is CS(=O)c1ccc(C(=O)NCc2nc3ccccc3[nH]2)cc1. The lowest BCUT2D eigenvalue weighted by Gasteiger charge is -2.04. The topological polar surface area (TPSA) is 74.8 Å². The lowest BCUT2D eigenvalue weighted by atomic mass is 10.2. The number of nitrogens with zero attached hydrogens (tertiary/aromatic N) is 1. The van der Waals surface area contributed by atoms with Gasteiger partial charge in [0.25, 0.3) is 5.91 Å². The van der Waals surface area contributed by atoms with Crippen molar-refractivity contribution in [3.05, 3.63) is 59.9 Å². The molecule has 1 amide bonds. The molecular weight excluding hydrogens is 298 g/mol. The minimum atomic E-state index is -1.04. The molecule has 0 saturated heterocycles. The largest absolute Gasteiger partial charge is 0.345 e. The second kappa shape index (κ2) is 6.11. The van der Waals surface area contributed by atoms with Crippen LogP contribution in [0.25, 0.3) is 11.0 Å². The summed E-state index contributed by atoms with van der Waals surface area (Å²) in [6, 6.07) is 14.5. The number of rotatable bonds is 4. The highest BCUT2D eigenvalue weighted by Crippen LogP contribution is 2.11. The smallest absolute Gasteiger partial charge is 0.251 e. The van der Waals surface area contributed by atoms with Gasteiger partial charge in [-0.2, -0.15) is 0 Å². The van der Waals surface area contributed by atoms with E-state index in [4.69, 9.17) is 0 Å². The average Bonchev–Trinajstić information content (AvgIpc) is 2.95. The van der Waals surface area contributed by atoms with Crippen molar-refractivity contribution in [1.29, 1.82) is 0 Å². The Morgan fingerprint density at radius 2 is 1.91 bits per heavy atom. The summed E-state index contributed by atoms with van der Waals surface area (Å²) in [5.74, 6) is 0.523. The standard InChI is InChI=1S/C16H15N3O2S/c1-22(21)12-8-6-11(7-9-12)16(20)17-10-15-18-13-4-2-3-5-14(13)19-15/h2-9H,10H2,1H3,(H,17,20)(H,18,19). The molecule has 6 heteroatoms. The third kappa shape index (κ3) is 3.07. The first-order valence-electron chi connectivity index (χ1n) is 6.79. The molecule has 2 aromatic carbocycles. The molecule has 0 aliphatic rings. The van der Waals surface area contributed by atoms with E-state index in [1.54, 1.807) is 30.5 Å². The lowest BCUT2D eigenvalue weighted by molar-refractivity contribution is 0.0950. The van der Waals surface area contributed by atoms with Crippen molar-refractivity contribution in [2.75, 3.05) is 6.26 Å². The van der Waals surface area contributed by atoms with Gasteiger partial charge < -0.3 is 10.3 Å². The molecule has 0 aliphatic heterocycles. The summed E-state index contributed by atoms with van der Waals surface area (Å²) in [5, 5.41) is 2.82. The van der Waals surface area contributed by atoms with Crippen LogP contribution in [0.4, 0.5) is 0 Å². The third-order valence-corrected chi connectivity index (χ3v) is 4.24. The summed E-state index contributed by atoms with van der Waals surface area (Å²) in [5.41, 5.74) is 2.35. The van der Waals surface area contributed by atoms with Crippen molar-refractivity contribution >= 4 is 27.7 Å². The highest BCUT2D eigenvalue weighted by molar-refractivity contribution is 7.84. The normalized spacial score (nSPS) is 12.2. The summed E-state index contributed by atoms with van der Waals surface area (Å²) in [4.78, 5) is 20.4. The number of imidazole rings is 1. The quantitative estimate of drug-likeness (QED) is 0.775. The second-order valence-corrected chi connectivity index (χ2v) is 6.24. The van der Waals surface area contributed by atoms with Gasteiger partial charge in [-0.1, -0.05) is 12.1 Å². The van der Waals surface area contributed by atoms with Gasteiger partial charge in [-0.3, -0.25) is 9.00 Å². The van der Waals surface area contributed by atoms with Crippen molar-refractivity contribution in [1.82, 2.24) is 15.3 Å².